The zero-order chi connectivity index (χ0) is 14.1. The number of aromatic nitrogens is 3. The second-order valence-electron chi connectivity index (χ2n) is 5.26. The molecule has 0 amide bonds. The Morgan fingerprint density at radius 3 is 2.43 bits per heavy atom. The zero-order valence-electron chi connectivity index (χ0n) is 12.5. The molecule has 3 aromatic rings. The lowest BCUT2D eigenvalue weighted by Gasteiger charge is -2.31. The van der Waals surface area contributed by atoms with Gasteiger partial charge in [0.25, 0.3) is 0 Å². The normalized spacial score (nSPS) is 14.2. The van der Waals surface area contributed by atoms with Gasteiger partial charge < -0.3 is 10.2 Å². The Bertz CT molecular complexity index is 754. The number of piperazine rings is 1. The SMILES string of the molecule is Cl.Cl.c1ccc(-c2cnc3[nH]ncc3c2N2CCNCC2)cc1. The highest BCUT2D eigenvalue weighted by Gasteiger charge is 2.19. The molecule has 1 fully saturated rings. The van der Waals surface area contributed by atoms with E-state index in [0.29, 0.717) is 0 Å². The van der Waals surface area contributed by atoms with Crippen molar-refractivity contribution in [1.29, 1.82) is 0 Å². The van der Waals surface area contributed by atoms with E-state index < -0.39 is 0 Å². The third-order valence-corrected chi connectivity index (χ3v) is 3.97. The summed E-state index contributed by atoms with van der Waals surface area (Å²) in [6.07, 6.45) is 3.83. The van der Waals surface area contributed by atoms with Crippen molar-refractivity contribution in [3.8, 4) is 11.1 Å². The molecule has 1 aliphatic heterocycles. The summed E-state index contributed by atoms with van der Waals surface area (Å²) in [7, 11) is 0. The van der Waals surface area contributed by atoms with Crippen LogP contribution in [0.15, 0.2) is 42.7 Å². The summed E-state index contributed by atoms with van der Waals surface area (Å²) >= 11 is 0. The molecule has 23 heavy (non-hydrogen) atoms. The molecule has 1 aromatic carbocycles. The fourth-order valence-electron chi connectivity index (χ4n) is 2.94. The highest BCUT2D eigenvalue weighted by Crippen LogP contribution is 2.35. The Kier molecular flexibility index (Phi) is 5.82. The number of nitrogens with zero attached hydrogens (tertiary/aromatic N) is 3. The molecular weight excluding hydrogens is 333 g/mol. The monoisotopic (exact) mass is 351 g/mol. The van der Waals surface area contributed by atoms with E-state index in [1.165, 1.54) is 16.8 Å². The van der Waals surface area contributed by atoms with Crippen molar-refractivity contribution in [2.45, 2.75) is 0 Å². The predicted molar refractivity (Wildman–Crippen MR) is 98.9 cm³/mol. The van der Waals surface area contributed by atoms with Crippen LogP contribution in [0.1, 0.15) is 0 Å². The molecule has 5 nitrogen and oxygen atoms in total. The molecule has 0 radical (unpaired) electrons. The van der Waals surface area contributed by atoms with E-state index >= 15 is 0 Å². The summed E-state index contributed by atoms with van der Waals surface area (Å²) < 4.78 is 0. The predicted octanol–water partition coefficient (Wildman–Crippen LogP) is 2.88. The number of benzene rings is 1. The minimum atomic E-state index is 0. The number of H-pyrrole nitrogens is 1. The van der Waals surface area contributed by atoms with E-state index in [9.17, 15) is 0 Å². The molecular formula is C16H19Cl2N5. The van der Waals surface area contributed by atoms with Gasteiger partial charge in [0.05, 0.1) is 17.3 Å². The number of halogens is 2. The first-order valence-electron chi connectivity index (χ1n) is 7.26. The number of hydrogen-bond acceptors (Lipinski definition) is 4. The molecule has 4 rings (SSSR count). The number of rotatable bonds is 2. The van der Waals surface area contributed by atoms with Crippen LogP contribution in [0, 0.1) is 0 Å². The van der Waals surface area contributed by atoms with Crippen molar-refractivity contribution < 1.29 is 0 Å². The summed E-state index contributed by atoms with van der Waals surface area (Å²) in [4.78, 5) is 6.94. The maximum absolute atomic E-state index is 4.51. The highest BCUT2D eigenvalue weighted by molar-refractivity contribution is 5.98. The Hall–Kier alpha value is -1.82. The first-order valence-corrected chi connectivity index (χ1v) is 7.26. The van der Waals surface area contributed by atoms with Gasteiger partial charge in [-0.2, -0.15) is 5.10 Å². The smallest absolute Gasteiger partial charge is 0.157 e. The summed E-state index contributed by atoms with van der Waals surface area (Å²) in [5.41, 5.74) is 4.46. The largest absolute Gasteiger partial charge is 0.368 e. The van der Waals surface area contributed by atoms with E-state index in [0.717, 1.165) is 37.2 Å². The van der Waals surface area contributed by atoms with Gasteiger partial charge >= 0.3 is 0 Å². The van der Waals surface area contributed by atoms with Crippen molar-refractivity contribution in [3.63, 3.8) is 0 Å². The summed E-state index contributed by atoms with van der Waals surface area (Å²) in [6, 6.07) is 10.4. The summed E-state index contributed by atoms with van der Waals surface area (Å²) in [5.74, 6) is 0. The quantitative estimate of drug-likeness (QED) is 0.745. The van der Waals surface area contributed by atoms with Crippen LogP contribution in [0.3, 0.4) is 0 Å². The first-order chi connectivity index (χ1) is 10.4. The van der Waals surface area contributed by atoms with Crippen molar-refractivity contribution in [2.75, 3.05) is 31.1 Å². The second kappa shape index (κ2) is 7.64. The van der Waals surface area contributed by atoms with Gasteiger partial charge in [-0.3, -0.25) is 5.10 Å². The third kappa shape index (κ3) is 3.27. The molecule has 0 unspecified atom stereocenters. The maximum Gasteiger partial charge on any atom is 0.157 e. The minimum Gasteiger partial charge on any atom is -0.368 e. The topological polar surface area (TPSA) is 56.8 Å². The van der Waals surface area contributed by atoms with Gasteiger partial charge in [-0.1, -0.05) is 30.3 Å². The number of aromatic amines is 1. The molecule has 1 saturated heterocycles. The van der Waals surface area contributed by atoms with Crippen LogP contribution in [0.25, 0.3) is 22.2 Å². The molecule has 122 valence electrons. The fourth-order valence-corrected chi connectivity index (χ4v) is 2.94. The van der Waals surface area contributed by atoms with E-state index in [4.69, 9.17) is 0 Å². The number of fused-ring (bicyclic) bond motifs is 1. The van der Waals surface area contributed by atoms with Crippen molar-refractivity contribution in [2.24, 2.45) is 0 Å². The lowest BCUT2D eigenvalue weighted by Crippen LogP contribution is -2.43. The van der Waals surface area contributed by atoms with Crippen LogP contribution < -0.4 is 10.2 Å². The number of pyridine rings is 1. The Morgan fingerprint density at radius 1 is 0.957 bits per heavy atom. The zero-order valence-corrected chi connectivity index (χ0v) is 14.2. The second-order valence-corrected chi connectivity index (χ2v) is 5.26. The Balaban J connectivity index is 0.000000960. The molecule has 0 spiro atoms. The molecule has 0 aliphatic carbocycles. The van der Waals surface area contributed by atoms with Gasteiger partial charge in [-0.05, 0) is 5.56 Å². The van der Waals surface area contributed by atoms with Crippen molar-refractivity contribution in [3.05, 3.63) is 42.7 Å². The van der Waals surface area contributed by atoms with E-state index in [2.05, 4.69) is 49.7 Å². The standard InChI is InChI=1S/C16H17N5.2ClH/c1-2-4-12(5-3-1)13-10-18-16-14(11-19-20-16)15(13)21-8-6-17-7-9-21;;/h1-5,10-11,17H,6-9H2,(H,18,19,20);2*1H. The van der Waals surface area contributed by atoms with Gasteiger partial charge in [0.1, 0.15) is 0 Å². The molecule has 0 bridgehead atoms. The van der Waals surface area contributed by atoms with Gasteiger partial charge in [-0.25, -0.2) is 4.98 Å². The number of hydrogen-bond donors (Lipinski definition) is 2. The minimum absolute atomic E-state index is 0. The van der Waals surface area contributed by atoms with E-state index in [-0.39, 0.29) is 24.8 Å². The average molecular weight is 352 g/mol. The molecule has 0 atom stereocenters. The highest BCUT2D eigenvalue weighted by atomic mass is 35.5. The lowest BCUT2D eigenvalue weighted by molar-refractivity contribution is 0.590. The average Bonchev–Trinajstić information content (AvgIpc) is 3.04. The molecule has 2 N–H and O–H groups in total. The van der Waals surface area contributed by atoms with Crippen molar-refractivity contribution in [1.82, 2.24) is 20.5 Å². The molecule has 7 heteroatoms. The van der Waals surface area contributed by atoms with Crippen LogP contribution in [-0.4, -0.2) is 41.4 Å². The van der Waals surface area contributed by atoms with E-state index in [1.807, 2.05) is 18.5 Å². The van der Waals surface area contributed by atoms with Crippen LogP contribution in [0.2, 0.25) is 0 Å². The Labute approximate surface area is 147 Å². The van der Waals surface area contributed by atoms with Gasteiger partial charge in [0, 0.05) is 37.9 Å². The number of nitrogens with one attached hydrogen (secondary N) is 2. The Morgan fingerprint density at radius 2 is 1.70 bits per heavy atom. The van der Waals surface area contributed by atoms with E-state index in [1.54, 1.807) is 0 Å². The van der Waals surface area contributed by atoms with Crippen molar-refractivity contribution >= 4 is 41.5 Å². The molecule has 1 aliphatic rings. The molecule has 0 saturated carbocycles. The maximum atomic E-state index is 4.51. The third-order valence-electron chi connectivity index (χ3n) is 3.97. The molecule has 2 aromatic heterocycles. The van der Waals surface area contributed by atoms with Crippen LogP contribution in [0.5, 0.6) is 0 Å². The van der Waals surface area contributed by atoms with Gasteiger partial charge in [0.15, 0.2) is 5.65 Å². The summed E-state index contributed by atoms with van der Waals surface area (Å²) in [6.45, 7) is 4.03. The molecule has 3 heterocycles. The first kappa shape index (κ1) is 17.5. The van der Waals surface area contributed by atoms with Gasteiger partial charge in [-0.15, -0.1) is 24.8 Å². The lowest BCUT2D eigenvalue weighted by atomic mass is 10.0. The van der Waals surface area contributed by atoms with Crippen LogP contribution >= 0.6 is 24.8 Å². The number of anilines is 1. The van der Waals surface area contributed by atoms with Gasteiger partial charge in [0.2, 0.25) is 0 Å². The summed E-state index contributed by atoms with van der Waals surface area (Å²) in [5, 5.41) is 11.6. The van der Waals surface area contributed by atoms with Crippen LogP contribution in [0.4, 0.5) is 5.69 Å². The van der Waals surface area contributed by atoms with Crippen LogP contribution in [-0.2, 0) is 0 Å². The fraction of sp³-hybridized carbons (Fsp3) is 0.250.